The van der Waals surface area contributed by atoms with Crippen molar-refractivity contribution in [3.8, 4) is 0 Å². The molecule has 204 valence electrons. The highest BCUT2D eigenvalue weighted by Crippen LogP contribution is 2.39. The average Bonchev–Trinajstić information content (AvgIpc) is 2.81. The van der Waals surface area contributed by atoms with Gasteiger partial charge in [-0.1, -0.05) is 18.2 Å². The van der Waals surface area contributed by atoms with E-state index in [4.69, 9.17) is 4.74 Å². The first-order valence-corrected chi connectivity index (χ1v) is 12.2. The molecule has 3 rings (SSSR count). The minimum Gasteiger partial charge on any atom is -0.463 e. The maximum Gasteiger partial charge on any atom is 0.416 e. The molecule has 37 heavy (non-hydrogen) atoms. The van der Waals surface area contributed by atoms with Gasteiger partial charge in [-0.2, -0.15) is 13.2 Å². The molecule has 2 N–H and O–H groups in total. The van der Waals surface area contributed by atoms with E-state index in [0.717, 1.165) is 6.07 Å². The molecule has 1 aromatic carbocycles. The number of amides is 4. The summed E-state index contributed by atoms with van der Waals surface area (Å²) in [7, 11) is 1.46. The largest absolute Gasteiger partial charge is 0.463 e. The number of esters is 1. The molecule has 4 amide bonds. The molecule has 0 aromatic heterocycles. The predicted molar refractivity (Wildman–Crippen MR) is 130 cm³/mol. The van der Waals surface area contributed by atoms with Crippen LogP contribution in [0.4, 0.5) is 22.8 Å². The molecule has 1 aromatic rings. The minimum atomic E-state index is -4.69. The van der Waals surface area contributed by atoms with Gasteiger partial charge in [0.1, 0.15) is 0 Å². The van der Waals surface area contributed by atoms with Crippen LogP contribution in [-0.2, 0) is 15.7 Å². The maximum atomic E-state index is 13.8. The summed E-state index contributed by atoms with van der Waals surface area (Å²) in [6.07, 6.45) is -4.69. The summed E-state index contributed by atoms with van der Waals surface area (Å²) in [4.78, 5) is 43.5. The van der Waals surface area contributed by atoms with Crippen molar-refractivity contribution in [2.45, 2.75) is 52.0 Å². The molecule has 0 bridgehead atoms. The fourth-order valence-electron chi connectivity index (χ4n) is 4.66. The second-order valence-corrected chi connectivity index (χ2v) is 9.49. The SMILES string of the molecule is CCOC(=O)C1=C(CN2CCN(C(=O)NC(C)C)[C@H](C)C2)N(C)C(=O)N[C@@H]1c1ccccc1C(F)(F)F. The first-order valence-electron chi connectivity index (χ1n) is 12.2. The highest BCUT2D eigenvalue weighted by molar-refractivity contribution is 5.95. The van der Waals surface area contributed by atoms with Gasteiger partial charge < -0.3 is 20.3 Å². The number of carbonyl (C=O) groups excluding carboxylic acids is 3. The quantitative estimate of drug-likeness (QED) is 0.556. The number of nitrogens with zero attached hydrogens (tertiary/aromatic N) is 3. The Labute approximate surface area is 214 Å². The van der Waals surface area contributed by atoms with Gasteiger partial charge in [0.2, 0.25) is 0 Å². The molecular formula is C25H34F3N5O4. The number of piperazine rings is 1. The van der Waals surface area contributed by atoms with Crippen molar-refractivity contribution < 1.29 is 32.3 Å². The molecule has 12 heteroatoms. The summed E-state index contributed by atoms with van der Waals surface area (Å²) < 4.78 is 46.8. The van der Waals surface area contributed by atoms with E-state index in [9.17, 15) is 27.6 Å². The van der Waals surface area contributed by atoms with E-state index in [1.807, 2.05) is 25.7 Å². The van der Waals surface area contributed by atoms with Crippen molar-refractivity contribution in [3.05, 3.63) is 46.7 Å². The van der Waals surface area contributed by atoms with Gasteiger partial charge in [0.25, 0.3) is 0 Å². The number of rotatable bonds is 6. The fourth-order valence-corrected chi connectivity index (χ4v) is 4.66. The Morgan fingerprint density at radius 1 is 1.22 bits per heavy atom. The molecule has 2 aliphatic rings. The van der Waals surface area contributed by atoms with Crippen molar-refractivity contribution in [2.24, 2.45) is 0 Å². The van der Waals surface area contributed by atoms with Crippen LogP contribution in [0.1, 0.15) is 44.9 Å². The lowest BCUT2D eigenvalue weighted by Crippen LogP contribution is -2.58. The number of urea groups is 2. The van der Waals surface area contributed by atoms with Crippen LogP contribution in [0.5, 0.6) is 0 Å². The summed E-state index contributed by atoms with van der Waals surface area (Å²) in [5.41, 5.74) is -0.963. The number of nitrogens with one attached hydrogen (secondary N) is 2. The molecular weight excluding hydrogens is 491 g/mol. The summed E-state index contributed by atoms with van der Waals surface area (Å²) >= 11 is 0. The van der Waals surface area contributed by atoms with E-state index >= 15 is 0 Å². The zero-order valence-electron chi connectivity index (χ0n) is 21.7. The number of benzene rings is 1. The predicted octanol–water partition coefficient (Wildman–Crippen LogP) is 3.34. The number of hydrogen-bond acceptors (Lipinski definition) is 5. The molecule has 2 atom stereocenters. The van der Waals surface area contributed by atoms with Crippen molar-refractivity contribution in [1.29, 1.82) is 0 Å². The number of alkyl halides is 3. The molecule has 0 aliphatic carbocycles. The van der Waals surface area contributed by atoms with Gasteiger partial charge in [-0.3, -0.25) is 9.80 Å². The molecule has 0 radical (unpaired) electrons. The van der Waals surface area contributed by atoms with Crippen molar-refractivity contribution >= 4 is 18.0 Å². The first kappa shape index (κ1) is 28.3. The second kappa shape index (κ2) is 11.4. The van der Waals surface area contributed by atoms with Crippen molar-refractivity contribution in [2.75, 3.05) is 39.8 Å². The highest BCUT2D eigenvalue weighted by Gasteiger charge is 2.42. The number of likely N-dealkylation sites (N-methyl/N-ethyl adjacent to an activating group) is 1. The lowest BCUT2D eigenvalue weighted by Gasteiger charge is -2.42. The zero-order chi connectivity index (χ0) is 27.5. The molecule has 0 unspecified atom stereocenters. The third-order valence-electron chi connectivity index (χ3n) is 6.41. The van der Waals surface area contributed by atoms with Crippen LogP contribution in [0.2, 0.25) is 0 Å². The zero-order valence-corrected chi connectivity index (χ0v) is 21.7. The smallest absolute Gasteiger partial charge is 0.416 e. The normalized spacial score (nSPS) is 21.3. The average molecular weight is 526 g/mol. The summed E-state index contributed by atoms with van der Waals surface area (Å²) in [6, 6.07) is 2.54. The van der Waals surface area contributed by atoms with E-state index < -0.39 is 29.8 Å². The molecule has 0 spiro atoms. The Hall–Kier alpha value is -3.28. The van der Waals surface area contributed by atoms with Crippen LogP contribution < -0.4 is 10.6 Å². The Balaban J connectivity index is 1.99. The van der Waals surface area contributed by atoms with Crippen LogP contribution in [0.15, 0.2) is 35.5 Å². The van der Waals surface area contributed by atoms with E-state index in [2.05, 4.69) is 10.6 Å². The van der Waals surface area contributed by atoms with E-state index in [1.165, 1.54) is 30.1 Å². The summed E-state index contributed by atoms with van der Waals surface area (Å²) in [5, 5.41) is 5.42. The summed E-state index contributed by atoms with van der Waals surface area (Å²) in [6.45, 7) is 8.70. The maximum absolute atomic E-state index is 13.8. The lowest BCUT2D eigenvalue weighted by molar-refractivity contribution is -0.141. The third kappa shape index (κ3) is 6.35. The van der Waals surface area contributed by atoms with Crippen LogP contribution in [0, 0.1) is 0 Å². The van der Waals surface area contributed by atoms with Gasteiger partial charge in [0.05, 0.1) is 23.8 Å². The molecule has 1 fully saturated rings. The van der Waals surface area contributed by atoms with Gasteiger partial charge in [-0.15, -0.1) is 0 Å². The van der Waals surface area contributed by atoms with Crippen LogP contribution in [-0.4, -0.2) is 84.6 Å². The third-order valence-corrected chi connectivity index (χ3v) is 6.41. The first-order chi connectivity index (χ1) is 17.3. The molecule has 2 heterocycles. The standard InChI is InChI=1S/C25H34F3N5O4/c1-6-37-22(34)20-19(14-32-11-12-33(16(4)13-32)24(36)29-15(2)3)31(5)23(35)30-21(20)17-9-7-8-10-18(17)25(26,27)28/h7-10,15-16,21H,6,11-14H2,1-5H3,(H,29,36)(H,30,35)/t16-,21-/m1/s1. The van der Waals surface area contributed by atoms with Gasteiger partial charge in [0, 0.05) is 51.0 Å². The highest BCUT2D eigenvalue weighted by atomic mass is 19.4. The Morgan fingerprint density at radius 3 is 2.49 bits per heavy atom. The van der Waals surface area contributed by atoms with Gasteiger partial charge >= 0.3 is 24.2 Å². The van der Waals surface area contributed by atoms with Crippen LogP contribution >= 0.6 is 0 Å². The number of carbonyl (C=O) groups is 3. The van der Waals surface area contributed by atoms with E-state index in [0.29, 0.717) is 19.6 Å². The minimum absolute atomic E-state index is 0.0130. The van der Waals surface area contributed by atoms with Crippen LogP contribution in [0.25, 0.3) is 0 Å². The van der Waals surface area contributed by atoms with Crippen molar-refractivity contribution in [1.82, 2.24) is 25.3 Å². The Morgan fingerprint density at radius 2 is 1.89 bits per heavy atom. The van der Waals surface area contributed by atoms with Crippen LogP contribution in [0.3, 0.4) is 0 Å². The molecule has 0 saturated carbocycles. The topological polar surface area (TPSA) is 94.2 Å². The number of ether oxygens (including phenoxy) is 1. The molecule has 9 nitrogen and oxygen atoms in total. The second-order valence-electron chi connectivity index (χ2n) is 9.49. The van der Waals surface area contributed by atoms with Crippen molar-refractivity contribution in [3.63, 3.8) is 0 Å². The fraction of sp³-hybridized carbons (Fsp3) is 0.560. The molecule has 1 saturated heterocycles. The monoisotopic (exact) mass is 525 g/mol. The van der Waals surface area contributed by atoms with Gasteiger partial charge in [0.15, 0.2) is 0 Å². The van der Waals surface area contributed by atoms with E-state index in [-0.39, 0.29) is 48.1 Å². The molecule has 2 aliphatic heterocycles. The summed E-state index contributed by atoms with van der Waals surface area (Å²) in [5.74, 6) is -0.797. The van der Waals surface area contributed by atoms with E-state index in [1.54, 1.807) is 11.8 Å². The van der Waals surface area contributed by atoms with Gasteiger partial charge in [-0.25, -0.2) is 14.4 Å². The van der Waals surface area contributed by atoms with Gasteiger partial charge in [-0.05, 0) is 39.3 Å². The lowest BCUT2D eigenvalue weighted by atomic mass is 9.90. The Bertz CT molecular complexity index is 1060. The Kier molecular flexibility index (Phi) is 8.72. The number of halogens is 3. The number of hydrogen-bond donors (Lipinski definition) is 2.